The number of halogens is 24. The van der Waals surface area contributed by atoms with Gasteiger partial charge in [0.05, 0.1) is 25.7 Å². The zero-order chi connectivity index (χ0) is 62.0. The largest absolute Gasteiger partial charge is 0.431 e. The van der Waals surface area contributed by atoms with E-state index < -0.39 is 108 Å². The summed E-state index contributed by atoms with van der Waals surface area (Å²) in [5, 5.41) is 0. The van der Waals surface area contributed by atoms with E-state index in [1.807, 2.05) is 9.78 Å². The Balaban J connectivity index is -0.00000128. The first-order valence-corrected chi connectivity index (χ1v) is 22.1. The lowest BCUT2D eigenvalue weighted by Crippen LogP contribution is -2.70. The fraction of sp³-hybridized carbons (Fsp3) is 0.762. The van der Waals surface area contributed by atoms with Gasteiger partial charge in [-0.2, -0.15) is 87.8 Å². The molecule has 0 aliphatic rings. The molecule has 0 aromatic rings. The smallest absolute Gasteiger partial charge is 0.247 e. The molecule has 0 heterocycles. The van der Waals surface area contributed by atoms with Crippen molar-refractivity contribution in [1.82, 2.24) is 0 Å². The molecule has 12 nitrogen and oxygen atoms in total. The zero-order valence-electron chi connectivity index (χ0n) is 40.4. The summed E-state index contributed by atoms with van der Waals surface area (Å²) in [5.41, 5.74) is 0. The summed E-state index contributed by atoms with van der Waals surface area (Å²) < 4.78 is 310. The van der Waals surface area contributed by atoms with Gasteiger partial charge in [0.15, 0.2) is 0 Å². The van der Waals surface area contributed by atoms with Crippen LogP contribution in [-0.4, -0.2) is 108 Å². The first-order valence-electron chi connectivity index (χ1n) is 22.1. The average molecular weight is 1200 g/mol. The molecule has 36 heteroatoms. The van der Waals surface area contributed by atoms with Gasteiger partial charge >= 0.3 is 108 Å². The van der Waals surface area contributed by atoms with Crippen molar-refractivity contribution in [2.75, 3.05) is 0 Å². The highest BCUT2D eigenvalue weighted by atomic mass is 19.4. The Morgan fingerprint density at radius 2 is 0.577 bits per heavy atom. The summed E-state index contributed by atoms with van der Waals surface area (Å²) >= 11 is 0. The number of hydrogen-bond acceptors (Lipinski definition) is 12. The predicted molar refractivity (Wildman–Crippen MR) is 213 cm³/mol. The van der Waals surface area contributed by atoms with Crippen molar-refractivity contribution >= 4 is 35.8 Å². The van der Waals surface area contributed by atoms with Gasteiger partial charge in [-0.15, -0.1) is 13.2 Å². The first-order chi connectivity index (χ1) is 35.3. The molecule has 0 amide bonds. The molecule has 0 radical (unpaired) electrons. The number of carbonyl (C=O) groups excluding carboxylic acids is 6. The molecule has 0 aliphatic carbocycles. The minimum absolute atomic E-state index is 0.261. The maximum absolute atomic E-state index is 13.4. The lowest BCUT2D eigenvalue weighted by Gasteiger charge is -2.38. The molecule has 0 fully saturated rings. The average Bonchev–Trinajstić information content (AvgIpc) is 3.34. The summed E-state index contributed by atoms with van der Waals surface area (Å²) in [7, 11) is 0. The summed E-state index contributed by atoms with van der Waals surface area (Å²) in [4.78, 5) is 87.6. The van der Waals surface area contributed by atoms with Crippen molar-refractivity contribution in [3.05, 3.63) is 25.3 Å². The van der Waals surface area contributed by atoms with E-state index in [4.69, 9.17) is 0 Å². The molecule has 0 aliphatic heterocycles. The summed E-state index contributed by atoms with van der Waals surface area (Å²) in [5.74, 6) is -93.6. The van der Waals surface area contributed by atoms with Crippen LogP contribution in [0.3, 0.4) is 0 Å². The quantitative estimate of drug-likeness (QED) is 0.0207. The SMILES string of the molecule is C=CCCCCC(=O)OOC(=O)CCCCC=C.CCCCCCC(=O)OOC(=O)CCCCCC.O=C(OOC(=O)C(F)(F)C(F)(F)C(F)(F)C(F)(F)C(F)(F)C(F)F)C(F)(F)C(F)(F)C(F)(F)C(F)(F)C(F)(F)C(F)F. The maximum Gasteiger partial charge on any atom is 0.431 e. The number of unbranched alkanes of at least 4 members (excludes halogenated alkanes) is 10. The molecule has 0 aromatic carbocycles. The molecule has 0 N–H and O–H groups in total. The van der Waals surface area contributed by atoms with E-state index in [0.717, 1.165) is 77.0 Å². The van der Waals surface area contributed by atoms with Gasteiger partial charge in [-0.25, -0.2) is 75.7 Å². The highest BCUT2D eigenvalue weighted by molar-refractivity contribution is 5.82. The molecular weight excluding hydrogens is 1150 g/mol. The lowest BCUT2D eigenvalue weighted by atomic mass is 9.94. The second-order valence-electron chi connectivity index (χ2n) is 15.7. The molecule has 78 heavy (non-hydrogen) atoms. The second-order valence-corrected chi connectivity index (χ2v) is 15.7. The summed E-state index contributed by atoms with van der Waals surface area (Å²) in [6, 6.07) is 0. The van der Waals surface area contributed by atoms with Gasteiger partial charge in [-0.3, -0.25) is 0 Å². The van der Waals surface area contributed by atoms with Crippen LogP contribution in [-0.2, 0) is 58.1 Å². The van der Waals surface area contributed by atoms with Crippen LogP contribution in [0.5, 0.6) is 0 Å². The van der Waals surface area contributed by atoms with Crippen LogP contribution < -0.4 is 0 Å². The van der Waals surface area contributed by atoms with Gasteiger partial charge in [-0.1, -0.05) is 64.5 Å². The van der Waals surface area contributed by atoms with Gasteiger partial charge in [0, 0.05) is 0 Å². The third-order valence-electron chi connectivity index (χ3n) is 9.46. The van der Waals surface area contributed by atoms with Crippen LogP contribution in [0.4, 0.5) is 105 Å². The Bertz CT molecular complexity index is 1770. The lowest BCUT2D eigenvalue weighted by molar-refractivity contribution is -0.416. The Kier molecular flexibility index (Phi) is 32.2. The molecule has 0 saturated carbocycles. The predicted octanol–water partition coefficient (Wildman–Crippen LogP) is 14.3. The minimum Gasteiger partial charge on any atom is -0.247 e. The molecule has 0 unspecified atom stereocenters. The fourth-order valence-corrected chi connectivity index (χ4v) is 4.78. The van der Waals surface area contributed by atoms with E-state index >= 15 is 0 Å². The topological polar surface area (TPSA) is 158 Å². The van der Waals surface area contributed by atoms with Crippen molar-refractivity contribution in [2.24, 2.45) is 0 Å². The van der Waals surface area contributed by atoms with E-state index in [2.05, 4.69) is 46.6 Å². The fourth-order valence-electron chi connectivity index (χ4n) is 4.78. The van der Waals surface area contributed by atoms with Gasteiger partial charge in [0.2, 0.25) is 0 Å². The molecule has 0 saturated heterocycles. The molecule has 458 valence electrons. The van der Waals surface area contributed by atoms with E-state index in [9.17, 15) is 134 Å². The third-order valence-corrected chi connectivity index (χ3v) is 9.46. The van der Waals surface area contributed by atoms with Crippen molar-refractivity contribution in [2.45, 2.75) is 201 Å². The highest BCUT2D eigenvalue weighted by Gasteiger charge is 2.91. The first kappa shape index (κ1) is 76.9. The van der Waals surface area contributed by atoms with Crippen molar-refractivity contribution in [3.63, 3.8) is 0 Å². The number of carbonyl (C=O) groups is 6. The number of rotatable bonds is 32. The van der Waals surface area contributed by atoms with Crippen molar-refractivity contribution in [3.8, 4) is 0 Å². The van der Waals surface area contributed by atoms with E-state index in [1.165, 1.54) is 0 Å². The van der Waals surface area contributed by atoms with Crippen molar-refractivity contribution in [1.29, 1.82) is 0 Å². The Morgan fingerprint density at radius 3 is 0.782 bits per heavy atom. The van der Waals surface area contributed by atoms with E-state index in [0.29, 0.717) is 25.7 Å². The van der Waals surface area contributed by atoms with Gasteiger partial charge in [0.25, 0.3) is 0 Å². The maximum atomic E-state index is 13.4. The normalized spacial score (nSPS) is 13.0. The third kappa shape index (κ3) is 20.4. The number of allylic oxidation sites excluding steroid dienone is 2. The molecule has 0 aromatic heterocycles. The minimum atomic E-state index is -8.52. The van der Waals surface area contributed by atoms with Gasteiger partial charge in [0.1, 0.15) is 0 Å². The number of alkyl halides is 24. The van der Waals surface area contributed by atoms with Crippen molar-refractivity contribution < 1.29 is 163 Å². The van der Waals surface area contributed by atoms with Gasteiger partial charge < -0.3 is 0 Å². The molecule has 0 spiro atoms. The Labute approximate surface area is 426 Å². The van der Waals surface area contributed by atoms with Crippen LogP contribution in [0.25, 0.3) is 0 Å². The summed E-state index contributed by atoms with van der Waals surface area (Å²) in [6.07, 6.45) is 5.69. The molecule has 0 rings (SSSR count). The van der Waals surface area contributed by atoms with Gasteiger partial charge in [-0.05, 0) is 51.4 Å². The zero-order valence-corrected chi connectivity index (χ0v) is 40.4. The Morgan fingerprint density at radius 1 is 0.346 bits per heavy atom. The molecule has 0 bridgehead atoms. The number of hydrogen-bond donors (Lipinski definition) is 0. The Hall–Kier alpha value is -5.38. The highest BCUT2D eigenvalue weighted by Crippen LogP contribution is 2.60. The van der Waals surface area contributed by atoms with Crippen LogP contribution >= 0.6 is 0 Å². The van der Waals surface area contributed by atoms with Crippen LogP contribution in [0.2, 0.25) is 0 Å². The standard InChI is InChI=1S/C14H2F24O4.C14H26O4.C14H22O4/c15-1(16)5(19,20)9(27,28)13(35,36)11(31,32)7(23,24)3(39)41-42-4(40)8(25,26)12(33,34)14(37,38)10(29,30)6(21,22)2(17)18;2*1-3-5-7-9-11-13(15)17-18-14(16)12-10-8-6-4-2/h1-2H;3-12H2,1-2H3;3-4H,1-2,5-12H2. The molecular formula is C42H50F24O12. The monoisotopic (exact) mass is 1200 g/mol. The second kappa shape index (κ2) is 32.6. The summed E-state index contributed by atoms with van der Waals surface area (Å²) in [6.45, 7) is 11.4. The van der Waals surface area contributed by atoms with E-state index in [-0.39, 0.29) is 12.8 Å². The van der Waals surface area contributed by atoms with E-state index in [1.54, 1.807) is 12.2 Å². The van der Waals surface area contributed by atoms with Crippen LogP contribution in [0.1, 0.15) is 129 Å². The van der Waals surface area contributed by atoms with Crippen LogP contribution in [0, 0.1) is 0 Å². The van der Waals surface area contributed by atoms with Crippen LogP contribution in [0.15, 0.2) is 25.3 Å². The molecule has 0 atom stereocenters.